The third kappa shape index (κ3) is 4.77. The summed E-state index contributed by atoms with van der Waals surface area (Å²) in [6.45, 7) is 4.82. The topological polar surface area (TPSA) is 106 Å². The minimum Gasteiger partial charge on any atom is -0.490 e. The van der Waals surface area contributed by atoms with Gasteiger partial charge in [-0.15, -0.1) is 0 Å². The molecule has 0 radical (unpaired) electrons. The first kappa shape index (κ1) is 21.3. The highest BCUT2D eigenvalue weighted by Crippen LogP contribution is 2.36. The molecular formula is C21H21ClN4O4. The third-order valence-corrected chi connectivity index (χ3v) is 4.35. The molecule has 8 nitrogen and oxygen atoms in total. The second-order valence-corrected chi connectivity index (χ2v) is 6.66. The van der Waals surface area contributed by atoms with Crippen LogP contribution < -0.4 is 20.5 Å². The van der Waals surface area contributed by atoms with Crippen LogP contribution in [-0.4, -0.2) is 35.5 Å². The lowest BCUT2D eigenvalue weighted by Crippen LogP contribution is -2.22. The van der Waals surface area contributed by atoms with Crippen LogP contribution in [-0.2, 0) is 0 Å². The summed E-state index contributed by atoms with van der Waals surface area (Å²) in [6, 6.07) is 10.1. The van der Waals surface area contributed by atoms with Gasteiger partial charge in [0.15, 0.2) is 17.2 Å². The summed E-state index contributed by atoms with van der Waals surface area (Å²) in [5, 5.41) is 11.3. The average Bonchev–Trinajstić information content (AvgIpc) is 2.74. The lowest BCUT2D eigenvalue weighted by molar-refractivity contribution is 0.0951. The number of hydrazone groups is 1. The summed E-state index contributed by atoms with van der Waals surface area (Å²) in [4.78, 5) is 24.3. The van der Waals surface area contributed by atoms with Crippen molar-refractivity contribution in [3.63, 3.8) is 0 Å². The van der Waals surface area contributed by atoms with Crippen LogP contribution >= 0.6 is 11.6 Å². The Kier molecular flexibility index (Phi) is 7.03. The molecule has 0 unspecified atom stereocenters. The smallest absolute Gasteiger partial charge is 0.292 e. The Morgan fingerprint density at radius 3 is 2.73 bits per heavy atom. The number of halogens is 1. The minimum absolute atomic E-state index is 0.0682. The molecule has 1 heterocycles. The number of aromatic nitrogens is 2. The van der Waals surface area contributed by atoms with E-state index >= 15 is 0 Å². The molecule has 30 heavy (non-hydrogen) atoms. The van der Waals surface area contributed by atoms with Gasteiger partial charge >= 0.3 is 0 Å². The van der Waals surface area contributed by atoms with Crippen LogP contribution in [0, 0.1) is 0 Å². The Labute approximate surface area is 177 Å². The van der Waals surface area contributed by atoms with E-state index in [-0.39, 0.29) is 11.3 Å². The van der Waals surface area contributed by atoms with Crippen molar-refractivity contribution in [2.24, 2.45) is 5.10 Å². The van der Waals surface area contributed by atoms with Gasteiger partial charge in [0.1, 0.15) is 0 Å². The number of carbonyl (C=O) groups is 1. The second-order valence-electron chi connectivity index (χ2n) is 6.26. The van der Waals surface area contributed by atoms with E-state index in [4.69, 9.17) is 21.1 Å². The summed E-state index contributed by atoms with van der Waals surface area (Å²) >= 11 is 6.33. The Bertz CT molecular complexity index is 1140. The summed E-state index contributed by atoms with van der Waals surface area (Å²) in [6.07, 6.45) is 2.27. The number of carbonyl (C=O) groups excluding carboxylic acids is 1. The first-order valence-electron chi connectivity index (χ1n) is 9.45. The van der Waals surface area contributed by atoms with E-state index in [9.17, 15) is 9.59 Å². The van der Waals surface area contributed by atoms with Gasteiger partial charge in [0.2, 0.25) is 0 Å². The molecule has 0 bridgehead atoms. The van der Waals surface area contributed by atoms with E-state index in [1.54, 1.807) is 36.4 Å². The number of benzene rings is 2. The van der Waals surface area contributed by atoms with Gasteiger partial charge in [0, 0.05) is 5.39 Å². The zero-order valence-corrected chi connectivity index (χ0v) is 17.3. The fourth-order valence-corrected chi connectivity index (χ4v) is 3.05. The molecule has 1 aromatic heterocycles. The van der Waals surface area contributed by atoms with Crippen molar-refractivity contribution in [1.29, 1.82) is 0 Å². The molecule has 9 heteroatoms. The molecule has 0 atom stereocenters. The lowest BCUT2D eigenvalue weighted by atomic mass is 10.1. The quantitative estimate of drug-likeness (QED) is 0.421. The molecular weight excluding hydrogens is 408 g/mol. The number of amides is 1. The molecule has 0 saturated carbocycles. The molecule has 156 valence electrons. The highest BCUT2D eigenvalue weighted by atomic mass is 35.5. The first-order chi connectivity index (χ1) is 14.5. The van der Waals surface area contributed by atoms with Crippen molar-refractivity contribution >= 4 is 34.5 Å². The third-order valence-electron chi connectivity index (χ3n) is 4.07. The van der Waals surface area contributed by atoms with Gasteiger partial charge in [0.25, 0.3) is 11.5 Å². The van der Waals surface area contributed by atoms with E-state index in [0.29, 0.717) is 46.1 Å². The Morgan fingerprint density at radius 1 is 1.23 bits per heavy atom. The Hall–Kier alpha value is -3.39. The zero-order chi connectivity index (χ0) is 21.5. The van der Waals surface area contributed by atoms with Crippen LogP contribution in [0.15, 0.2) is 46.3 Å². The maximum Gasteiger partial charge on any atom is 0.292 e. The fraction of sp³-hybridized carbons (Fsp3) is 0.238. The highest BCUT2D eigenvalue weighted by molar-refractivity contribution is 6.32. The second kappa shape index (κ2) is 9.89. The van der Waals surface area contributed by atoms with Gasteiger partial charge in [0.05, 0.1) is 29.8 Å². The molecule has 2 aromatic carbocycles. The molecule has 0 aliphatic heterocycles. The number of nitrogens with zero attached hydrogens (tertiary/aromatic N) is 2. The molecule has 2 N–H and O–H groups in total. The fourth-order valence-electron chi connectivity index (χ4n) is 2.78. The van der Waals surface area contributed by atoms with E-state index in [0.717, 1.165) is 6.42 Å². The summed E-state index contributed by atoms with van der Waals surface area (Å²) in [5.74, 6) is 0.419. The number of rotatable bonds is 8. The number of hydrogen-bond donors (Lipinski definition) is 2. The van der Waals surface area contributed by atoms with Crippen molar-refractivity contribution in [2.45, 2.75) is 20.3 Å². The van der Waals surface area contributed by atoms with Crippen LogP contribution in [0.2, 0.25) is 5.02 Å². The van der Waals surface area contributed by atoms with Crippen molar-refractivity contribution in [3.05, 3.63) is 63.0 Å². The number of ether oxygens (including phenoxy) is 2. The Morgan fingerprint density at radius 2 is 2.00 bits per heavy atom. The normalized spacial score (nSPS) is 11.0. The predicted octanol–water partition coefficient (Wildman–Crippen LogP) is 3.53. The van der Waals surface area contributed by atoms with Crippen LogP contribution in [0.4, 0.5) is 0 Å². The van der Waals surface area contributed by atoms with Crippen molar-refractivity contribution in [3.8, 4) is 11.5 Å². The average molecular weight is 429 g/mol. The van der Waals surface area contributed by atoms with Gasteiger partial charge in [-0.3, -0.25) is 9.59 Å². The monoisotopic (exact) mass is 428 g/mol. The van der Waals surface area contributed by atoms with Crippen molar-refractivity contribution < 1.29 is 14.3 Å². The predicted molar refractivity (Wildman–Crippen MR) is 116 cm³/mol. The van der Waals surface area contributed by atoms with Crippen LogP contribution in [0.3, 0.4) is 0 Å². The molecule has 0 saturated heterocycles. The van der Waals surface area contributed by atoms with E-state index in [1.807, 2.05) is 13.8 Å². The van der Waals surface area contributed by atoms with Gasteiger partial charge < -0.3 is 9.47 Å². The number of aromatic amines is 1. The standard InChI is InChI=1S/C21H21ClN4O4/c1-3-9-30-19-16(22)10-13(11-17(19)29-4-2)12-23-25-21(28)18-14-7-5-6-8-15(14)20(27)26-24-18/h5-8,10-12H,3-4,9H2,1-2H3,(H,25,28)(H,26,27)/b23-12+. The molecule has 0 fully saturated rings. The molecule has 1 amide bonds. The molecule has 0 aliphatic carbocycles. The lowest BCUT2D eigenvalue weighted by Gasteiger charge is -2.13. The number of nitrogens with one attached hydrogen (secondary N) is 2. The summed E-state index contributed by atoms with van der Waals surface area (Å²) in [7, 11) is 0. The van der Waals surface area contributed by atoms with Gasteiger partial charge in [-0.2, -0.15) is 10.2 Å². The minimum atomic E-state index is -0.558. The highest BCUT2D eigenvalue weighted by Gasteiger charge is 2.14. The maximum atomic E-state index is 12.5. The van der Waals surface area contributed by atoms with Gasteiger partial charge in [-0.05, 0) is 37.1 Å². The number of fused-ring (bicyclic) bond motifs is 1. The van der Waals surface area contributed by atoms with Crippen LogP contribution in [0.1, 0.15) is 36.3 Å². The van der Waals surface area contributed by atoms with E-state index in [1.165, 1.54) is 6.21 Å². The largest absolute Gasteiger partial charge is 0.490 e. The molecule has 3 aromatic rings. The molecule has 0 spiro atoms. The first-order valence-corrected chi connectivity index (χ1v) is 9.82. The maximum absolute atomic E-state index is 12.5. The number of H-pyrrole nitrogens is 1. The van der Waals surface area contributed by atoms with E-state index < -0.39 is 5.91 Å². The van der Waals surface area contributed by atoms with E-state index in [2.05, 4.69) is 20.7 Å². The van der Waals surface area contributed by atoms with Crippen molar-refractivity contribution in [2.75, 3.05) is 13.2 Å². The molecule has 0 aliphatic rings. The van der Waals surface area contributed by atoms with Crippen LogP contribution in [0.25, 0.3) is 10.8 Å². The SMILES string of the molecule is CCCOc1c(Cl)cc(/C=N/NC(=O)c2n[nH]c(=O)c3ccccc23)cc1OCC. The van der Waals surface area contributed by atoms with Gasteiger partial charge in [-0.25, -0.2) is 10.5 Å². The van der Waals surface area contributed by atoms with Crippen molar-refractivity contribution in [1.82, 2.24) is 15.6 Å². The summed E-state index contributed by atoms with van der Waals surface area (Å²) in [5.41, 5.74) is 2.73. The molecule has 3 rings (SSSR count). The zero-order valence-electron chi connectivity index (χ0n) is 16.6. The Balaban J connectivity index is 1.81. The van der Waals surface area contributed by atoms with Gasteiger partial charge in [-0.1, -0.05) is 36.7 Å². The van der Waals surface area contributed by atoms with Crippen LogP contribution in [0.5, 0.6) is 11.5 Å². The summed E-state index contributed by atoms with van der Waals surface area (Å²) < 4.78 is 11.3. The number of hydrogen-bond acceptors (Lipinski definition) is 6.